The summed E-state index contributed by atoms with van der Waals surface area (Å²) in [5.74, 6) is -3.49. The van der Waals surface area contributed by atoms with Crippen molar-refractivity contribution in [3.05, 3.63) is 52.1 Å². The second-order valence-corrected chi connectivity index (χ2v) is 7.62. The van der Waals surface area contributed by atoms with Gasteiger partial charge in [-0.3, -0.25) is 9.89 Å². The average Bonchev–Trinajstić information content (AvgIpc) is 3.11. The second-order valence-electron chi connectivity index (χ2n) is 7.22. The van der Waals surface area contributed by atoms with Crippen molar-refractivity contribution in [2.75, 3.05) is 11.1 Å². The summed E-state index contributed by atoms with van der Waals surface area (Å²) in [6.45, 7) is 1.80. The number of nitrogens with one attached hydrogen (secondary N) is 2. The molecule has 0 saturated carbocycles. The van der Waals surface area contributed by atoms with Gasteiger partial charge in [-0.25, -0.2) is 9.37 Å². The smallest absolute Gasteiger partial charge is 0.437 e. The van der Waals surface area contributed by atoms with E-state index < -0.39 is 58.4 Å². The number of pyridine rings is 1. The first kappa shape index (κ1) is 26.1. The van der Waals surface area contributed by atoms with Crippen LogP contribution in [0, 0.1) is 12.7 Å². The number of aryl methyl sites for hydroxylation is 1. The molecule has 0 fully saturated rings. The molecule has 1 amide bonds. The Balaban J connectivity index is 2.11. The van der Waals surface area contributed by atoms with E-state index in [1.165, 1.54) is 19.1 Å². The van der Waals surface area contributed by atoms with Crippen molar-refractivity contribution in [2.45, 2.75) is 32.3 Å². The molecule has 0 saturated heterocycles. The van der Waals surface area contributed by atoms with Gasteiger partial charge in [0.15, 0.2) is 11.8 Å². The van der Waals surface area contributed by atoms with Crippen LogP contribution < -0.4 is 15.8 Å². The lowest BCUT2D eigenvalue weighted by atomic mass is 10.0. The van der Waals surface area contributed by atoms with E-state index in [4.69, 9.17) is 22.1 Å². The monoisotopic (exact) mass is 525 g/mol. The highest BCUT2D eigenvalue weighted by Crippen LogP contribution is 2.37. The topological polar surface area (TPSA) is 106 Å². The molecule has 188 valence electrons. The molecule has 2 aromatic heterocycles. The summed E-state index contributed by atoms with van der Waals surface area (Å²) in [6, 6.07) is 3.75. The van der Waals surface area contributed by atoms with E-state index in [1.807, 2.05) is 10.4 Å². The van der Waals surface area contributed by atoms with Crippen molar-refractivity contribution in [1.29, 1.82) is 0 Å². The Morgan fingerprint density at radius 1 is 1.20 bits per heavy atom. The zero-order valence-corrected chi connectivity index (χ0v) is 18.5. The standard InChI is InChI=1S/C20H15ClF7N5O2/c1-7-15(16(33-32-7)20(26,27)28)31-18(34)10-5-12(22)9(13-4-3-11(21)17(29)30-13)6-14(10)35-8(2)19(23,24)25/h3-6,8H,1-2H3,(H2,29,30)(H,31,34)(H,32,33)/t8-/m0/s1. The van der Waals surface area contributed by atoms with Crippen LogP contribution in [0.1, 0.15) is 28.7 Å². The van der Waals surface area contributed by atoms with Gasteiger partial charge in [-0.15, -0.1) is 0 Å². The number of benzene rings is 1. The molecule has 4 N–H and O–H groups in total. The molecule has 0 aliphatic heterocycles. The molecule has 0 aliphatic carbocycles. The van der Waals surface area contributed by atoms with Gasteiger partial charge in [-0.05, 0) is 38.1 Å². The summed E-state index contributed by atoms with van der Waals surface area (Å²) in [5, 5.41) is 7.06. The molecule has 3 aromatic rings. The van der Waals surface area contributed by atoms with Gasteiger partial charge in [-0.2, -0.15) is 31.4 Å². The van der Waals surface area contributed by atoms with E-state index in [9.17, 15) is 35.5 Å². The number of nitrogens with zero attached hydrogens (tertiary/aromatic N) is 2. The molecule has 35 heavy (non-hydrogen) atoms. The number of halogens is 8. The number of hydrogen-bond donors (Lipinski definition) is 3. The maximum absolute atomic E-state index is 14.9. The molecule has 0 aliphatic rings. The third kappa shape index (κ3) is 5.58. The first-order valence-electron chi connectivity index (χ1n) is 9.52. The predicted octanol–water partition coefficient (Wildman–Crippen LogP) is 5.76. The molecular weight excluding hydrogens is 511 g/mol. The van der Waals surface area contributed by atoms with Crippen molar-refractivity contribution in [1.82, 2.24) is 15.2 Å². The number of nitrogens with two attached hydrogens (primary N) is 1. The number of anilines is 2. The zero-order valence-electron chi connectivity index (χ0n) is 17.7. The highest BCUT2D eigenvalue weighted by atomic mass is 35.5. The van der Waals surface area contributed by atoms with E-state index in [0.29, 0.717) is 13.0 Å². The average molecular weight is 526 g/mol. The Kier molecular flexibility index (Phi) is 6.88. The number of carbonyl (C=O) groups excluding carboxylic acids is 1. The number of ether oxygens (including phenoxy) is 1. The van der Waals surface area contributed by atoms with Crippen LogP contribution in [-0.4, -0.2) is 33.4 Å². The van der Waals surface area contributed by atoms with Gasteiger partial charge in [0, 0.05) is 5.56 Å². The summed E-state index contributed by atoms with van der Waals surface area (Å²) in [4.78, 5) is 16.6. The maximum Gasteiger partial charge on any atom is 0.437 e. The molecule has 0 bridgehead atoms. The summed E-state index contributed by atoms with van der Waals surface area (Å²) in [7, 11) is 0. The van der Waals surface area contributed by atoms with Gasteiger partial charge in [0.1, 0.15) is 17.4 Å². The van der Waals surface area contributed by atoms with Crippen LogP contribution in [0.15, 0.2) is 24.3 Å². The van der Waals surface area contributed by atoms with Crippen molar-refractivity contribution >= 4 is 29.0 Å². The first-order valence-corrected chi connectivity index (χ1v) is 9.90. The van der Waals surface area contributed by atoms with E-state index in [-0.39, 0.29) is 22.2 Å². The molecular formula is C20H15ClF7N5O2. The van der Waals surface area contributed by atoms with E-state index in [0.717, 1.165) is 6.07 Å². The number of aromatic amines is 1. The van der Waals surface area contributed by atoms with Crippen LogP contribution in [0.25, 0.3) is 11.3 Å². The molecule has 0 spiro atoms. The van der Waals surface area contributed by atoms with Crippen LogP contribution in [0.2, 0.25) is 5.02 Å². The number of aromatic nitrogens is 3. The van der Waals surface area contributed by atoms with Gasteiger partial charge in [0.05, 0.1) is 27.7 Å². The Labute approximate surface area is 197 Å². The highest BCUT2D eigenvalue weighted by Gasteiger charge is 2.40. The Morgan fingerprint density at radius 3 is 2.43 bits per heavy atom. The van der Waals surface area contributed by atoms with Crippen molar-refractivity contribution < 1.29 is 40.3 Å². The molecule has 0 unspecified atom stereocenters. The van der Waals surface area contributed by atoms with Crippen LogP contribution in [0.4, 0.5) is 42.2 Å². The molecule has 3 rings (SSSR count). The first-order chi connectivity index (χ1) is 16.1. The van der Waals surface area contributed by atoms with Gasteiger partial charge >= 0.3 is 12.4 Å². The highest BCUT2D eigenvalue weighted by molar-refractivity contribution is 6.32. The van der Waals surface area contributed by atoms with Gasteiger partial charge in [-0.1, -0.05) is 11.6 Å². The fourth-order valence-electron chi connectivity index (χ4n) is 2.86. The van der Waals surface area contributed by atoms with E-state index in [2.05, 4.69) is 10.1 Å². The number of rotatable bonds is 5. The fourth-order valence-corrected chi connectivity index (χ4v) is 2.96. The van der Waals surface area contributed by atoms with Crippen LogP contribution in [0.3, 0.4) is 0 Å². The van der Waals surface area contributed by atoms with Gasteiger partial charge < -0.3 is 15.8 Å². The fraction of sp³-hybridized carbons (Fsp3) is 0.250. The summed E-state index contributed by atoms with van der Waals surface area (Å²) in [5.41, 5.74) is 1.78. The predicted molar refractivity (Wildman–Crippen MR) is 111 cm³/mol. The SMILES string of the molecule is Cc1[nH]nc(C(F)(F)F)c1NC(=O)c1cc(F)c(-c2ccc(Cl)c(N)n2)cc1O[C@@H](C)C(F)(F)F. The van der Waals surface area contributed by atoms with Gasteiger partial charge in [0.25, 0.3) is 5.91 Å². The molecule has 1 aromatic carbocycles. The Hall–Kier alpha value is -3.55. The van der Waals surface area contributed by atoms with Crippen LogP contribution in [-0.2, 0) is 6.18 Å². The minimum absolute atomic E-state index is 0.0308. The molecule has 7 nitrogen and oxygen atoms in total. The van der Waals surface area contributed by atoms with E-state index >= 15 is 0 Å². The molecule has 1 atom stereocenters. The van der Waals surface area contributed by atoms with Crippen LogP contribution in [0.5, 0.6) is 5.75 Å². The largest absolute Gasteiger partial charge is 0.480 e. The number of nitrogen functional groups attached to an aromatic ring is 1. The minimum atomic E-state index is -4.97. The van der Waals surface area contributed by atoms with Gasteiger partial charge in [0.2, 0.25) is 0 Å². The molecule has 15 heteroatoms. The number of hydrogen-bond acceptors (Lipinski definition) is 5. The number of H-pyrrole nitrogens is 1. The lowest BCUT2D eigenvalue weighted by molar-refractivity contribution is -0.189. The third-order valence-electron chi connectivity index (χ3n) is 4.68. The number of alkyl halides is 6. The number of carbonyl (C=O) groups is 1. The van der Waals surface area contributed by atoms with Crippen molar-refractivity contribution in [3.8, 4) is 17.0 Å². The quantitative estimate of drug-likeness (QED) is 0.368. The maximum atomic E-state index is 14.9. The second kappa shape index (κ2) is 9.24. The summed E-state index contributed by atoms with van der Waals surface area (Å²) in [6.07, 6.45) is -12.3. The minimum Gasteiger partial charge on any atom is -0.480 e. The third-order valence-corrected chi connectivity index (χ3v) is 5.00. The van der Waals surface area contributed by atoms with Crippen LogP contribution >= 0.6 is 11.6 Å². The van der Waals surface area contributed by atoms with E-state index in [1.54, 1.807) is 0 Å². The summed E-state index contributed by atoms with van der Waals surface area (Å²) >= 11 is 5.78. The Morgan fingerprint density at radius 2 is 1.86 bits per heavy atom. The molecule has 2 heterocycles. The van der Waals surface area contributed by atoms with Crippen molar-refractivity contribution in [3.63, 3.8) is 0 Å². The van der Waals surface area contributed by atoms with Crippen molar-refractivity contribution in [2.24, 2.45) is 0 Å². The lowest BCUT2D eigenvalue weighted by Crippen LogP contribution is -2.32. The number of amides is 1. The molecule has 0 radical (unpaired) electrons. The lowest BCUT2D eigenvalue weighted by Gasteiger charge is -2.21. The zero-order chi connectivity index (χ0) is 26.3. The normalized spacial score (nSPS) is 13.0. The Bertz CT molecular complexity index is 1270. The summed E-state index contributed by atoms with van der Waals surface area (Å²) < 4.78 is 98.8.